The van der Waals surface area contributed by atoms with E-state index in [1.807, 2.05) is 43.9 Å². The van der Waals surface area contributed by atoms with E-state index < -0.39 is 11.7 Å². The highest BCUT2D eigenvalue weighted by molar-refractivity contribution is 6.30. The second-order valence-electron chi connectivity index (χ2n) is 9.55. The lowest BCUT2D eigenvalue weighted by Gasteiger charge is -2.36. The molecule has 0 saturated carbocycles. The van der Waals surface area contributed by atoms with Crippen molar-refractivity contribution in [1.82, 2.24) is 9.80 Å². The topological polar surface area (TPSA) is 53.1 Å². The third-order valence-electron chi connectivity index (χ3n) is 5.72. The highest BCUT2D eigenvalue weighted by atomic mass is 35.5. The van der Waals surface area contributed by atoms with Crippen LogP contribution in [0, 0.1) is 0 Å². The molecular weight excluding hydrogens is 474 g/mol. The van der Waals surface area contributed by atoms with E-state index in [0.717, 1.165) is 24.4 Å². The fraction of sp³-hybridized carbons (Fsp3) is 0.310. The number of carbonyl (C=O) groups excluding carboxylic acids is 2. The first-order valence-corrected chi connectivity index (χ1v) is 12.3. The maximum atomic E-state index is 13.1. The number of nitrogens with zero attached hydrogens (tertiary/aromatic N) is 3. The van der Waals surface area contributed by atoms with Gasteiger partial charge in [0.15, 0.2) is 0 Å². The second-order valence-corrected chi connectivity index (χ2v) is 9.99. The Kier molecular flexibility index (Phi) is 8.99. The van der Waals surface area contributed by atoms with Crippen molar-refractivity contribution >= 4 is 29.3 Å². The van der Waals surface area contributed by atoms with E-state index in [1.54, 1.807) is 53.5 Å². The van der Waals surface area contributed by atoms with Crippen molar-refractivity contribution in [1.29, 1.82) is 0 Å². The zero-order valence-electron chi connectivity index (χ0n) is 21.2. The van der Waals surface area contributed by atoms with Crippen molar-refractivity contribution in [3.8, 4) is 0 Å². The summed E-state index contributed by atoms with van der Waals surface area (Å²) in [4.78, 5) is 31.8. The lowest BCUT2D eigenvalue weighted by molar-refractivity contribution is 0.0577. The molecule has 1 aliphatic heterocycles. The van der Waals surface area contributed by atoms with Crippen LogP contribution in [-0.4, -0.2) is 53.6 Å². The van der Waals surface area contributed by atoms with Gasteiger partial charge < -0.3 is 14.5 Å². The maximum absolute atomic E-state index is 13.1. The number of amides is 2. The van der Waals surface area contributed by atoms with Crippen LogP contribution in [0.2, 0.25) is 5.02 Å². The number of allylic oxidation sites excluding steroid dienone is 3. The molecule has 36 heavy (non-hydrogen) atoms. The second kappa shape index (κ2) is 12.0. The van der Waals surface area contributed by atoms with E-state index in [1.165, 1.54) is 0 Å². The van der Waals surface area contributed by atoms with E-state index in [2.05, 4.69) is 18.1 Å². The van der Waals surface area contributed by atoms with Crippen LogP contribution in [0.1, 0.15) is 36.7 Å². The van der Waals surface area contributed by atoms with E-state index in [-0.39, 0.29) is 5.91 Å². The van der Waals surface area contributed by atoms with Gasteiger partial charge in [0.2, 0.25) is 0 Å². The van der Waals surface area contributed by atoms with Crippen LogP contribution < -0.4 is 4.90 Å². The van der Waals surface area contributed by atoms with Crippen molar-refractivity contribution < 1.29 is 14.3 Å². The first-order chi connectivity index (χ1) is 17.1. The van der Waals surface area contributed by atoms with E-state index >= 15 is 0 Å². The summed E-state index contributed by atoms with van der Waals surface area (Å²) in [5, 5.41) is 0.628. The molecular formula is C29H34ClN3O3. The molecule has 6 nitrogen and oxygen atoms in total. The predicted octanol–water partition coefficient (Wildman–Crippen LogP) is 6.30. The molecule has 0 atom stereocenters. The van der Waals surface area contributed by atoms with Crippen molar-refractivity contribution in [2.24, 2.45) is 0 Å². The molecule has 0 aromatic heterocycles. The van der Waals surface area contributed by atoms with Gasteiger partial charge in [-0.05, 0) is 74.9 Å². The van der Waals surface area contributed by atoms with Crippen LogP contribution in [0.5, 0.6) is 0 Å². The van der Waals surface area contributed by atoms with E-state index in [9.17, 15) is 9.59 Å². The molecule has 190 valence electrons. The molecule has 3 rings (SSSR count). The Morgan fingerprint density at radius 1 is 0.972 bits per heavy atom. The van der Waals surface area contributed by atoms with Crippen LogP contribution in [0.3, 0.4) is 0 Å². The number of anilines is 1. The molecule has 2 aromatic carbocycles. The normalized spacial score (nSPS) is 14.3. The first kappa shape index (κ1) is 27.1. The van der Waals surface area contributed by atoms with Crippen molar-refractivity contribution in [2.75, 3.05) is 31.1 Å². The Hall–Kier alpha value is -3.51. The van der Waals surface area contributed by atoms with Crippen LogP contribution in [-0.2, 0) is 11.3 Å². The van der Waals surface area contributed by atoms with Crippen LogP contribution in [0.4, 0.5) is 10.5 Å². The smallest absolute Gasteiger partial charge is 0.415 e. The van der Waals surface area contributed by atoms with Gasteiger partial charge in [-0.1, -0.05) is 43.0 Å². The summed E-state index contributed by atoms with van der Waals surface area (Å²) in [5.74, 6) is -0.0319. The van der Waals surface area contributed by atoms with Gasteiger partial charge >= 0.3 is 6.09 Å². The largest absolute Gasteiger partial charge is 0.443 e. The molecule has 1 aliphatic rings. The lowest BCUT2D eigenvalue weighted by atomic mass is 10.1. The fourth-order valence-corrected chi connectivity index (χ4v) is 4.03. The minimum atomic E-state index is -0.639. The quantitative estimate of drug-likeness (QED) is 0.413. The van der Waals surface area contributed by atoms with Gasteiger partial charge in [-0.25, -0.2) is 4.79 Å². The Bertz CT molecular complexity index is 1110. The molecule has 0 spiro atoms. The maximum Gasteiger partial charge on any atom is 0.415 e. The number of ether oxygens (including phenoxy) is 1. The zero-order chi connectivity index (χ0) is 26.3. The Balaban J connectivity index is 1.74. The summed E-state index contributed by atoms with van der Waals surface area (Å²) in [6.45, 7) is 16.1. The minimum absolute atomic E-state index is 0.0319. The number of piperazine rings is 1. The van der Waals surface area contributed by atoms with E-state index in [4.69, 9.17) is 16.3 Å². The number of hydrogen-bond donors (Lipinski definition) is 0. The molecule has 0 unspecified atom stereocenters. The van der Waals surface area contributed by atoms with Gasteiger partial charge in [0.25, 0.3) is 5.91 Å². The highest BCUT2D eigenvalue weighted by Gasteiger charge is 2.25. The Labute approximate surface area is 219 Å². The zero-order valence-corrected chi connectivity index (χ0v) is 22.0. The molecule has 0 bridgehead atoms. The summed E-state index contributed by atoms with van der Waals surface area (Å²) >= 11 is 6.02. The number of rotatable bonds is 7. The molecule has 7 heteroatoms. The van der Waals surface area contributed by atoms with Gasteiger partial charge in [0.05, 0.1) is 6.54 Å². The predicted molar refractivity (Wildman–Crippen MR) is 146 cm³/mol. The minimum Gasteiger partial charge on any atom is -0.443 e. The Morgan fingerprint density at radius 3 is 2.08 bits per heavy atom. The SMILES string of the molecule is C=C/C=C(\C=C)N1CCN(C(=O)c2ccc(N(Cc3ccc(Cl)cc3)C(=O)OC(C)(C)C)cc2)CC1. The molecule has 1 saturated heterocycles. The van der Waals surface area contributed by atoms with Gasteiger partial charge in [-0.3, -0.25) is 9.69 Å². The summed E-state index contributed by atoms with van der Waals surface area (Å²) in [6, 6.07) is 14.4. The van der Waals surface area contributed by atoms with Crippen molar-refractivity contribution in [3.05, 3.63) is 102 Å². The fourth-order valence-electron chi connectivity index (χ4n) is 3.91. The standard InChI is InChI=1S/C29H34ClN3O3/c1-6-8-25(7-2)31-17-19-32(20-18-31)27(34)23-11-15-26(16-12-23)33(28(35)36-29(3,4)5)21-22-9-13-24(30)14-10-22/h6-16H,1-2,17-21H2,3-5H3/b25-8+. The average Bonchev–Trinajstić information content (AvgIpc) is 2.85. The van der Waals surface area contributed by atoms with E-state index in [0.29, 0.717) is 35.9 Å². The monoisotopic (exact) mass is 507 g/mol. The lowest BCUT2D eigenvalue weighted by Crippen LogP contribution is -2.48. The van der Waals surface area contributed by atoms with Crippen molar-refractivity contribution in [3.63, 3.8) is 0 Å². The van der Waals surface area contributed by atoms with Crippen LogP contribution in [0.25, 0.3) is 0 Å². The highest BCUT2D eigenvalue weighted by Crippen LogP contribution is 2.23. The van der Waals surface area contributed by atoms with Crippen LogP contribution in [0.15, 0.2) is 85.6 Å². The number of carbonyl (C=O) groups is 2. The van der Waals surface area contributed by atoms with Crippen molar-refractivity contribution in [2.45, 2.75) is 32.9 Å². The summed E-state index contributed by atoms with van der Waals surface area (Å²) in [5.41, 5.74) is 2.50. The Morgan fingerprint density at radius 2 is 1.56 bits per heavy atom. The van der Waals surface area contributed by atoms with Gasteiger partial charge in [-0.15, -0.1) is 0 Å². The number of benzene rings is 2. The first-order valence-electron chi connectivity index (χ1n) is 12.0. The molecule has 1 fully saturated rings. The summed E-state index contributed by atoms with van der Waals surface area (Å²) < 4.78 is 5.64. The van der Waals surface area contributed by atoms with Gasteiger partial charge in [0.1, 0.15) is 5.60 Å². The number of halogens is 1. The number of hydrogen-bond acceptors (Lipinski definition) is 4. The third-order valence-corrected chi connectivity index (χ3v) is 5.98. The molecule has 1 heterocycles. The average molecular weight is 508 g/mol. The van der Waals surface area contributed by atoms with Crippen LogP contribution >= 0.6 is 11.6 Å². The molecule has 0 radical (unpaired) electrons. The molecule has 0 N–H and O–H groups in total. The summed E-state index contributed by atoms with van der Waals surface area (Å²) in [7, 11) is 0. The van der Waals surface area contributed by atoms with Gasteiger partial charge in [0, 0.05) is 48.1 Å². The van der Waals surface area contributed by atoms with Gasteiger partial charge in [-0.2, -0.15) is 0 Å². The molecule has 2 amide bonds. The molecule has 0 aliphatic carbocycles. The molecule has 2 aromatic rings. The third kappa shape index (κ3) is 7.25. The summed E-state index contributed by atoms with van der Waals surface area (Å²) in [6.07, 6.45) is 5.00.